The zero-order valence-corrected chi connectivity index (χ0v) is 13.9. The van der Waals surface area contributed by atoms with Gasteiger partial charge in [-0.1, -0.05) is 37.5 Å². The highest BCUT2D eigenvalue weighted by atomic mass is 16.5. The Bertz CT molecular complexity index is 451. The van der Waals surface area contributed by atoms with Crippen LogP contribution in [-0.2, 0) is 4.79 Å². The molecule has 0 aliphatic carbocycles. The molecule has 1 aliphatic heterocycles. The molecule has 4 heteroatoms. The number of piperazine rings is 1. The number of hydrogen-bond acceptors (Lipinski definition) is 3. The van der Waals surface area contributed by atoms with Crippen LogP contribution in [0, 0.1) is 6.92 Å². The molecule has 0 aromatic heterocycles. The van der Waals surface area contributed by atoms with E-state index in [1.165, 1.54) is 24.8 Å². The molecule has 1 heterocycles. The van der Waals surface area contributed by atoms with Gasteiger partial charge in [0.1, 0.15) is 5.75 Å². The number of ether oxygens (including phenoxy) is 1. The first-order valence-electron chi connectivity index (χ1n) is 8.38. The molecular formula is C18H28N2O2. The van der Waals surface area contributed by atoms with Crippen LogP contribution in [0.15, 0.2) is 24.3 Å². The van der Waals surface area contributed by atoms with E-state index in [1.807, 2.05) is 36.1 Å². The molecule has 0 atom stereocenters. The van der Waals surface area contributed by atoms with Gasteiger partial charge < -0.3 is 9.64 Å². The Kier molecular flexibility index (Phi) is 6.72. The fourth-order valence-electron chi connectivity index (χ4n) is 2.68. The highest BCUT2D eigenvalue weighted by molar-refractivity contribution is 5.77. The minimum atomic E-state index is 0.0915. The first kappa shape index (κ1) is 16.8. The summed E-state index contributed by atoms with van der Waals surface area (Å²) in [6, 6.07) is 7.81. The van der Waals surface area contributed by atoms with E-state index in [4.69, 9.17) is 4.74 Å². The van der Waals surface area contributed by atoms with Gasteiger partial charge in [0.2, 0.25) is 0 Å². The molecule has 122 valence electrons. The molecule has 0 radical (unpaired) electrons. The van der Waals surface area contributed by atoms with E-state index in [0.717, 1.165) is 38.5 Å². The quantitative estimate of drug-likeness (QED) is 0.726. The molecule has 1 fully saturated rings. The number of unbranched alkanes of at least 4 members (excludes halogenated alkanes) is 2. The molecule has 22 heavy (non-hydrogen) atoms. The SMILES string of the molecule is CCCCCN1CCN(C(=O)COc2ccc(C)cc2)CC1. The minimum absolute atomic E-state index is 0.0915. The highest BCUT2D eigenvalue weighted by Crippen LogP contribution is 2.12. The van der Waals surface area contributed by atoms with Crippen LogP contribution in [0.25, 0.3) is 0 Å². The lowest BCUT2D eigenvalue weighted by atomic mass is 10.2. The van der Waals surface area contributed by atoms with E-state index in [9.17, 15) is 4.79 Å². The van der Waals surface area contributed by atoms with Crippen molar-refractivity contribution in [3.63, 3.8) is 0 Å². The highest BCUT2D eigenvalue weighted by Gasteiger charge is 2.20. The van der Waals surface area contributed by atoms with Crippen molar-refractivity contribution in [2.24, 2.45) is 0 Å². The summed E-state index contributed by atoms with van der Waals surface area (Å²) in [4.78, 5) is 16.6. The maximum absolute atomic E-state index is 12.2. The van der Waals surface area contributed by atoms with Crippen molar-refractivity contribution in [1.29, 1.82) is 0 Å². The normalized spacial score (nSPS) is 15.8. The third kappa shape index (κ3) is 5.34. The largest absolute Gasteiger partial charge is 0.484 e. The van der Waals surface area contributed by atoms with Crippen LogP contribution < -0.4 is 4.74 Å². The third-order valence-electron chi connectivity index (χ3n) is 4.19. The van der Waals surface area contributed by atoms with Crippen LogP contribution in [0.5, 0.6) is 5.75 Å². The second-order valence-electron chi connectivity index (χ2n) is 6.03. The van der Waals surface area contributed by atoms with E-state index in [1.54, 1.807) is 0 Å². The molecule has 1 saturated heterocycles. The van der Waals surface area contributed by atoms with Crippen molar-refractivity contribution in [3.05, 3.63) is 29.8 Å². The fraction of sp³-hybridized carbons (Fsp3) is 0.611. The second-order valence-corrected chi connectivity index (χ2v) is 6.03. The van der Waals surface area contributed by atoms with Gasteiger partial charge in [-0.2, -0.15) is 0 Å². The summed E-state index contributed by atoms with van der Waals surface area (Å²) in [5.41, 5.74) is 1.19. The van der Waals surface area contributed by atoms with Crippen molar-refractivity contribution in [2.45, 2.75) is 33.1 Å². The summed E-state index contributed by atoms with van der Waals surface area (Å²) in [5, 5.41) is 0. The Morgan fingerprint density at radius 3 is 2.41 bits per heavy atom. The van der Waals surface area contributed by atoms with Gasteiger partial charge in [-0.3, -0.25) is 9.69 Å². The monoisotopic (exact) mass is 304 g/mol. The summed E-state index contributed by atoms with van der Waals surface area (Å²) in [5.74, 6) is 0.853. The maximum atomic E-state index is 12.2. The average molecular weight is 304 g/mol. The van der Waals surface area contributed by atoms with Crippen LogP contribution in [-0.4, -0.2) is 55.0 Å². The molecule has 2 rings (SSSR count). The van der Waals surface area contributed by atoms with E-state index < -0.39 is 0 Å². The Balaban J connectivity index is 1.67. The van der Waals surface area contributed by atoms with E-state index in [0.29, 0.717) is 0 Å². The first-order chi connectivity index (χ1) is 10.7. The summed E-state index contributed by atoms with van der Waals surface area (Å²) in [7, 11) is 0. The standard InChI is InChI=1S/C18H28N2O2/c1-3-4-5-10-19-11-13-20(14-12-19)18(21)15-22-17-8-6-16(2)7-9-17/h6-9H,3-5,10-15H2,1-2H3. The molecule has 1 aliphatic rings. The Labute approximate surface area is 134 Å². The summed E-state index contributed by atoms with van der Waals surface area (Å²) < 4.78 is 5.58. The van der Waals surface area contributed by atoms with Gasteiger partial charge in [0.25, 0.3) is 5.91 Å². The van der Waals surface area contributed by atoms with Gasteiger partial charge in [-0.05, 0) is 32.0 Å². The van der Waals surface area contributed by atoms with Gasteiger partial charge >= 0.3 is 0 Å². The molecule has 0 N–H and O–H groups in total. The molecule has 0 bridgehead atoms. The Morgan fingerprint density at radius 2 is 1.77 bits per heavy atom. The lowest BCUT2D eigenvalue weighted by Crippen LogP contribution is -2.50. The van der Waals surface area contributed by atoms with E-state index >= 15 is 0 Å². The topological polar surface area (TPSA) is 32.8 Å². The van der Waals surface area contributed by atoms with Crippen LogP contribution in [0.4, 0.5) is 0 Å². The van der Waals surface area contributed by atoms with Crippen LogP contribution in [0.1, 0.15) is 31.7 Å². The number of rotatable bonds is 7. The predicted octanol–water partition coefficient (Wildman–Crippen LogP) is 2.71. The zero-order chi connectivity index (χ0) is 15.8. The van der Waals surface area contributed by atoms with Gasteiger partial charge in [-0.25, -0.2) is 0 Å². The zero-order valence-electron chi connectivity index (χ0n) is 13.9. The van der Waals surface area contributed by atoms with Crippen molar-refractivity contribution in [1.82, 2.24) is 9.80 Å². The predicted molar refractivity (Wildman–Crippen MR) is 89.2 cm³/mol. The van der Waals surface area contributed by atoms with Crippen LogP contribution >= 0.6 is 0 Å². The number of nitrogens with zero attached hydrogens (tertiary/aromatic N) is 2. The van der Waals surface area contributed by atoms with Gasteiger partial charge in [0, 0.05) is 26.2 Å². The minimum Gasteiger partial charge on any atom is -0.484 e. The summed E-state index contributed by atoms with van der Waals surface area (Å²) >= 11 is 0. The molecular weight excluding hydrogens is 276 g/mol. The van der Waals surface area contributed by atoms with Crippen molar-refractivity contribution in [3.8, 4) is 5.75 Å². The second kappa shape index (κ2) is 8.79. The lowest BCUT2D eigenvalue weighted by Gasteiger charge is -2.34. The van der Waals surface area contributed by atoms with Gasteiger partial charge in [0.15, 0.2) is 6.61 Å². The third-order valence-corrected chi connectivity index (χ3v) is 4.19. The first-order valence-corrected chi connectivity index (χ1v) is 8.38. The van der Waals surface area contributed by atoms with E-state index in [-0.39, 0.29) is 12.5 Å². The van der Waals surface area contributed by atoms with E-state index in [2.05, 4.69) is 11.8 Å². The van der Waals surface area contributed by atoms with Crippen molar-refractivity contribution >= 4 is 5.91 Å². The molecule has 1 aromatic carbocycles. The number of aryl methyl sites for hydroxylation is 1. The molecule has 4 nitrogen and oxygen atoms in total. The Morgan fingerprint density at radius 1 is 1.09 bits per heavy atom. The van der Waals surface area contributed by atoms with Crippen LogP contribution in [0.2, 0.25) is 0 Å². The summed E-state index contributed by atoms with van der Waals surface area (Å²) in [6.07, 6.45) is 3.82. The average Bonchev–Trinajstić information content (AvgIpc) is 2.55. The lowest BCUT2D eigenvalue weighted by molar-refractivity contribution is -0.135. The Hall–Kier alpha value is -1.55. The van der Waals surface area contributed by atoms with Crippen molar-refractivity contribution in [2.75, 3.05) is 39.3 Å². The summed E-state index contributed by atoms with van der Waals surface area (Å²) in [6.45, 7) is 9.18. The van der Waals surface area contributed by atoms with Gasteiger partial charge in [-0.15, -0.1) is 0 Å². The maximum Gasteiger partial charge on any atom is 0.260 e. The molecule has 0 saturated carbocycles. The number of carbonyl (C=O) groups is 1. The number of carbonyl (C=O) groups excluding carboxylic acids is 1. The smallest absolute Gasteiger partial charge is 0.260 e. The molecule has 1 amide bonds. The van der Waals surface area contributed by atoms with Crippen LogP contribution in [0.3, 0.4) is 0 Å². The number of amides is 1. The van der Waals surface area contributed by atoms with Crippen molar-refractivity contribution < 1.29 is 9.53 Å². The molecule has 1 aromatic rings. The molecule has 0 spiro atoms. The van der Waals surface area contributed by atoms with Gasteiger partial charge in [0.05, 0.1) is 0 Å². The number of benzene rings is 1. The number of hydrogen-bond donors (Lipinski definition) is 0. The molecule has 0 unspecified atom stereocenters. The fourth-order valence-corrected chi connectivity index (χ4v) is 2.68.